The van der Waals surface area contributed by atoms with Gasteiger partial charge in [-0.2, -0.15) is 5.10 Å². The van der Waals surface area contributed by atoms with E-state index in [0.29, 0.717) is 5.56 Å². The number of hydrogen-bond donors (Lipinski definition) is 2. The van der Waals surface area contributed by atoms with Gasteiger partial charge in [-0.15, -0.1) is 12.4 Å². The summed E-state index contributed by atoms with van der Waals surface area (Å²) in [6.45, 7) is 1.90. The Labute approximate surface area is 130 Å². The van der Waals surface area contributed by atoms with Gasteiger partial charge < -0.3 is 10.6 Å². The van der Waals surface area contributed by atoms with Crippen LogP contribution in [0.4, 0.5) is 0 Å². The van der Waals surface area contributed by atoms with E-state index in [1.54, 1.807) is 10.9 Å². The van der Waals surface area contributed by atoms with E-state index in [1.165, 1.54) is 0 Å². The van der Waals surface area contributed by atoms with Gasteiger partial charge in [0.25, 0.3) is 5.91 Å². The van der Waals surface area contributed by atoms with E-state index in [2.05, 4.69) is 15.7 Å². The Hall–Kier alpha value is -1.85. The van der Waals surface area contributed by atoms with E-state index in [9.17, 15) is 4.79 Å². The average Bonchev–Trinajstić information content (AvgIpc) is 3.03. The van der Waals surface area contributed by atoms with Crippen molar-refractivity contribution in [3.05, 3.63) is 48.3 Å². The van der Waals surface area contributed by atoms with E-state index in [1.807, 2.05) is 36.5 Å². The lowest BCUT2D eigenvalue weighted by molar-refractivity contribution is 0.0930. The molecule has 1 amide bonds. The van der Waals surface area contributed by atoms with Crippen LogP contribution >= 0.6 is 12.4 Å². The molecule has 1 aromatic heterocycles. The maximum absolute atomic E-state index is 12.1. The molecule has 2 N–H and O–H groups in total. The molecule has 21 heavy (non-hydrogen) atoms. The van der Waals surface area contributed by atoms with Crippen LogP contribution in [-0.2, 0) is 0 Å². The first-order valence-corrected chi connectivity index (χ1v) is 6.94. The highest BCUT2D eigenvalue weighted by Crippen LogP contribution is 2.09. The van der Waals surface area contributed by atoms with Gasteiger partial charge >= 0.3 is 0 Å². The van der Waals surface area contributed by atoms with Crippen LogP contribution in [0.2, 0.25) is 0 Å². The first-order chi connectivity index (χ1) is 9.83. The number of nitrogens with one attached hydrogen (secondary N) is 2. The highest BCUT2D eigenvalue weighted by Gasteiger charge is 2.16. The number of aromatic nitrogens is 2. The molecule has 2 heterocycles. The summed E-state index contributed by atoms with van der Waals surface area (Å²) in [6, 6.07) is 9.59. The zero-order chi connectivity index (χ0) is 13.8. The van der Waals surface area contributed by atoms with Crippen LogP contribution in [-0.4, -0.2) is 34.8 Å². The molecule has 3 rings (SSSR count). The lowest BCUT2D eigenvalue weighted by atomic mass is 10.1. The summed E-state index contributed by atoms with van der Waals surface area (Å²) in [5.41, 5.74) is 1.64. The van der Waals surface area contributed by atoms with Gasteiger partial charge in [0.1, 0.15) is 0 Å². The Bertz CT molecular complexity index is 562. The minimum absolute atomic E-state index is 0. The fourth-order valence-electron chi connectivity index (χ4n) is 2.43. The van der Waals surface area contributed by atoms with Crippen LogP contribution < -0.4 is 10.6 Å². The maximum atomic E-state index is 12.1. The van der Waals surface area contributed by atoms with Crippen molar-refractivity contribution < 1.29 is 4.79 Å². The first kappa shape index (κ1) is 15.5. The monoisotopic (exact) mass is 306 g/mol. The Morgan fingerprint density at radius 1 is 1.33 bits per heavy atom. The second-order valence-electron chi connectivity index (χ2n) is 5.01. The van der Waals surface area contributed by atoms with Gasteiger partial charge in [-0.05, 0) is 49.7 Å². The van der Waals surface area contributed by atoms with Gasteiger partial charge in [-0.1, -0.05) is 0 Å². The Balaban J connectivity index is 0.00000161. The molecule has 1 saturated heterocycles. The number of piperidine rings is 1. The molecule has 112 valence electrons. The first-order valence-electron chi connectivity index (χ1n) is 6.94. The van der Waals surface area contributed by atoms with Gasteiger partial charge in [-0.25, -0.2) is 4.68 Å². The number of amides is 1. The quantitative estimate of drug-likeness (QED) is 0.909. The van der Waals surface area contributed by atoms with Crippen LogP contribution in [0.15, 0.2) is 42.7 Å². The molecule has 5 nitrogen and oxygen atoms in total. The van der Waals surface area contributed by atoms with Crippen LogP contribution in [0.5, 0.6) is 0 Å². The minimum Gasteiger partial charge on any atom is -0.348 e. The second-order valence-corrected chi connectivity index (χ2v) is 5.01. The Morgan fingerprint density at radius 3 is 2.76 bits per heavy atom. The summed E-state index contributed by atoms with van der Waals surface area (Å²) in [6.07, 6.45) is 5.77. The standard InChI is InChI=1S/C15H18N4O.ClH/c20-15(18-13-3-1-8-16-11-13)12-4-6-14(7-5-12)19-10-2-9-17-19;/h2,4-7,9-10,13,16H,1,3,8,11H2,(H,18,20);1H/t13-;/m0./s1. The van der Waals surface area contributed by atoms with Crippen LogP contribution in [0.25, 0.3) is 5.69 Å². The smallest absolute Gasteiger partial charge is 0.251 e. The zero-order valence-corrected chi connectivity index (χ0v) is 12.5. The van der Waals surface area contributed by atoms with E-state index < -0.39 is 0 Å². The summed E-state index contributed by atoms with van der Waals surface area (Å²) in [5.74, 6) is -0.00860. The summed E-state index contributed by atoms with van der Waals surface area (Å²) < 4.78 is 1.77. The molecule has 0 bridgehead atoms. The number of carbonyl (C=O) groups excluding carboxylic acids is 1. The number of hydrogen-bond acceptors (Lipinski definition) is 3. The van der Waals surface area contributed by atoms with Gasteiger partial charge in [0, 0.05) is 30.5 Å². The predicted octanol–water partition coefficient (Wildman–Crippen LogP) is 1.78. The molecule has 0 aliphatic carbocycles. The van der Waals surface area contributed by atoms with E-state index in [-0.39, 0.29) is 24.4 Å². The number of halogens is 1. The van der Waals surface area contributed by atoms with Crippen molar-refractivity contribution in [3.63, 3.8) is 0 Å². The van der Waals surface area contributed by atoms with Crippen LogP contribution in [0, 0.1) is 0 Å². The zero-order valence-electron chi connectivity index (χ0n) is 11.7. The molecule has 0 unspecified atom stereocenters. The Kier molecular flexibility index (Phi) is 5.36. The number of benzene rings is 1. The SMILES string of the molecule is Cl.O=C(N[C@H]1CCCNC1)c1ccc(-n2cccn2)cc1. The third-order valence-corrected chi connectivity index (χ3v) is 3.53. The molecule has 0 radical (unpaired) electrons. The van der Waals surface area contributed by atoms with Crippen molar-refractivity contribution in [2.45, 2.75) is 18.9 Å². The van der Waals surface area contributed by atoms with Crippen molar-refractivity contribution in [2.24, 2.45) is 0 Å². The summed E-state index contributed by atoms with van der Waals surface area (Å²) in [5, 5.41) is 10.5. The Morgan fingerprint density at radius 2 is 2.14 bits per heavy atom. The highest BCUT2D eigenvalue weighted by atomic mass is 35.5. The summed E-state index contributed by atoms with van der Waals surface area (Å²) >= 11 is 0. The lowest BCUT2D eigenvalue weighted by Gasteiger charge is -2.23. The molecule has 1 aromatic carbocycles. The topological polar surface area (TPSA) is 59.0 Å². The molecule has 2 aromatic rings. The van der Waals surface area contributed by atoms with Crippen molar-refractivity contribution in [1.82, 2.24) is 20.4 Å². The van der Waals surface area contributed by atoms with E-state index in [4.69, 9.17) is 0 Å². The molecule has 1 atom stereocenters. The fraction of sp³-hybridized carbons (Fsp3) is 0.333. The lowest BCUT2D eigenvalue weighted by Crippen LogP contribution is -2.45. The third kappa shape index (κ3) is 3.83. The number of nitrogens with zero attached hydrogens (tertiary/aromatic N) is 2. The van der Waals surface area contributed by atoms with Crippen LogP contribution in [0.3, 0.4) is 0 Å². The van der Waals surface area contributed by atoms with E-state index in [0.717, 1.165) is 31.6 Å². The molecule has 1 aliphatic rings. The average molecular weight is 307 g/mol. The largest absolute Gasteiger partial charge is 0.348 e. The van der Waals surface area contributed by atoms with Gasteiger partial charge in [0.2, 0.25) is 0 Å². The van der Waals surface area contributed by atoms with Crippen molar-refractivity contribution in [1.29, 1.82) is 0 Å². The van der Waals surface area contributed by atoms with Crippen molar-refractivity contribution in [2.75, 3.05) is 13.1 Å². The molecule has 1 aliphatic heterocycles. The summed E-state index contributed by atoms with van der Waals surface area (Å²) in [7, 11) is 0. The fourth-order valence-corrected chi connectivity index (χ4v) is 2.43. The normalized spacial score (nSPS) is 17.8. The van der Waals surface area contributed by atoms with Crippen molar-refractivity contribution >= 4 is 18.3 Å². The van der Waals surface area contributed by atoms with Gasteiger partial charge in [0.15, 0.2) is 0 Å². The minimum atomic E-state index is -0.00860. The van der Waals surface area contributed by atoms with Gasteiger partial charge in [-0.3, -0.25) is 4.79 Å². The van der Waals surface area contributed by atoms with Crippen LogP contribution in [0.1, 0.15) is 23.2 Å². The third-order valence-electron chi connectivity index (χ3n) is 3.53. The molecule has 0 spiro atoms. The number of carbonyl (C=O) groups is 1. The predicted molar refractivity (Wildman–Crippen MR) is 84.2 cm³/mol. The molecule has 6 heteroatoms. The maximum Gasteiger partial charge on any atom is 0.251 e. The highest BCUT2D eigenvalue weighted by molar-refractivity contribution is 5.94. The van der Waals surface area contributed by atoms with Crippen molar-refractivity contribution in [3.8, 4) is 5.69 Å². The van der Waals surface area contributed by atoms with E-state index >= 15 is 0 Å². The summed E-state index contributed by atoms with van der Waals surface area (Å²) in [4.78, 5) is 12.1. The molecule has 1 fully saturated rings. The molecule has 0 saturated carbocycles. The second kappa shape index (κ2) is 7.24. The molecular weight excluding hydrogens is 288 g/mol. The van der Waals surface area contributed by atoms with Gasteiger partial charge in [0.05, 0.1) is 5.69 Å². The molecular formula is C15H19ClN4O. The number of rotatable bonds is 3.